The van der Waals surface area contributed by atoms with Crippen molar-refractivity contribution in [3.63, 3.8) is 0 Å². The molecule has 0 spiro atoms. The van der Waals surface area contributed by atoms with Gasteiger partial charge < -0.3 is 10.2 Å². The van der Waals surface area contributed by atoms with Crippen LogP contribution in [0.4, 0.5) is 0 Å². The number of nitrogens with one attached hydrogen (secondary N) is 1. The molecule has 0 aromatic heterocycles. The fourth-order valence-corrected chi connectivity index (χ4v) is 2.58. The van der Waals surface area contributed by atoms with E-state index in [9.17, 15) is 9.59 Å². The molecule has 1 N–H and O–H groups in total. The Bertz CT molecular complexity index is 489. The van der Waals surface area contributed by atoms with E-state index in [4.69, 9.17) is 0 Å². The summed E-state index contributed by atoms with van der Waals surface area (Å²) in [5, 5.41) is 2.78. The third-order valence-corrected chi connectivity index (χ3v) is 3.76. The van der Waals surface area contributed by atoms with Crippen LogP contribution < -0.4 is 5.32 Å². The summed E-state index contributed by atoms with van der Waals surface area (Å²) in [6.07, 6.45) is 1.12. The Balaban J connectivity index is 2.00. The normalized spacial score (nSPS) is 18.5. The van der Waals surface area contributed by atoms with Gasteiger partial charge in [-0.25, -0.2) is 0 Å². The maximum absolute atomic E-state index is 12.5. The Kier molecular flexibility index (Phi) is 4.77. The molecule has 1 unspecified atom stereocenters. The average Bonchev–Trinajstić information content (AvgIpc) is 2.45. The maximum Gasteiger partial charge on any atom is 0.227 e. The van der Waals surface area contributed by atoms with Crippen LogP contribution in [0.5, 0.6) is 0 Å². The van der Waals surface area contributed by atoms with Gasteiger partial charge in [-0.15, -0.1) is 0 Å². The van der Waals surface area contributed by atoms with E-state index in [0.29, 0.717) is 32.5 Å². The van der Waals surface area contributed by atoms with E-state index in [-0.39, 0.29) is 17.7 Å². The number of hydrogen-bond acceptors (Lipinski definition) is 2. The quantitative estimate of drug-likeness (QED) is 0.911. The minimum Gasteiger partial charge on any atom is -0.355 e. The Morgan fingerprint density at radius 2 is 2.25 bits per heavy atom. The van der Waals surface area contributed by atoms with Gasteiger partial charge in [-0.2, -0.15) is 0 Å². The van der Waals surface area contributed by atoms with Crippen LogP contribution in [0.3, 0.4) is 0 Å². The molecule has 1 heterocycles. The van der Waals surface area contributed by atoms with Crippen LogP contribution in [0.25, 0.3) is 0 Å². The van der Waals surface area contributed by atoms with E-state index >= 15 is 0 Å². The predicted molar refractivity (Wildman–Crippen MR) is 78.0 cm³/mol. The minimum atomic E-state index is -0.0718. The third kappa shape index (κ3) is 3.59. The van der Waals surface area contributed by atoms with Crippen molar-refractivity contribution in [3.8, 4) is 0 Å². The molecule has 1 atom stereocenters. The number of rotatable bonds is 4. The standard InChI is InChI=1S/C16H22N2O2/c1-3-18(11-13-6-4-5-12(2)9-13)16(20)14-7-8-15(19)17-10-14/h4-6,9,14H,3,7-8,10-11H2,1-2H3,(H,17,19). The molecule has 0 bridgehead atoms. The molecule has 0 aliphatic carbocycles. The number of carbonyl (C=O) groups excluding carboxylic acids is 2. The second-order valence-corrected chi connectivity index (χ2v) is 5.38. The number of piperidine rings is 1. The Hall–Kier alpha value is -1.84. The zero-order chi connectivity index (χ0) is 14.5. The molecule has 1 aromatic rings. The third-order valence-electron chi connectivity index (χ3n) is 3.76. The molecule has 1 aromatic carbocycles. The summed E-state index contributed by atoms with van der Waals surface area (Å²) in [4.78, 5) is 25.5. The van der Waals surface area contributed by atoms with Gasteiger partial charge in [0.1, 0.15) is 0 Å². The summed E-state index contributed by atoms with van der Waals surface area (Å²) in [5.74, 6) is 0.127. The number of carbonyl (C=O) groups is 2. The van der Waals surface area contributed by atoms with Crippen molar-refractivity contribution in [2.45, 2.75) is 33.2 Å². The lowest BCUT2D eigenvalue weighted by Gasteiger charge is -2.28. The van der Waals surface area contributed by atoms with E-state index in [1.165, 1.54) is 5.56 Å². The van der Waals surface area contributed by atoms with Gasteiger partial charge in [0.25, 0.3) is 0 Å². The van der Waals surface area contributed by atoms with Gasteiger partial charge >= 0.3 is 0 Å². The second-order valence-electron chi connectivity index (χ2n) is 5.38. The van der Waals surface area contributed by atoms with Gasteiger partial charge in [0.2, 0.25) is 11.8 Å². The first kappa shape index (κ1) is 14.6. The van der Waals surface area contributed by atoms with Gasteiger partial charge in [0.05, 0.1) is 5.92 Å². The van der Waals surface area contributed by atoms with Crippen LogP contribution in [0, 0.1) is 12.8 Å². The summed E-state index contributed by atoms with van der Waals surface area (Å²) in [5.41, 5.74) is 2.36. The fraction of sp³-hybridized carbons (Fsp3) is 0.500. The van der Waals surface area contributed by atoms with E-state index < -0.39 is 0 Å². The number of nitrogens with zero attached hydrogens (tertiary/aromatic N) is 1. The lowest BCUT2D eigenvalue weighted by Crippen LogP contribution is -2.44. The van der Waals surface area contributed by atoms with E-state index in [0.717, 1.165) is 5.56 Å². The smallest absolute Gasteiger partial charge is 0.227 e. The molecule has 4 nitrogen and oxygen atoms in total. The van der Waals surface area contributed by atoms with Gasteiger partial charge in [0.15, 0.2) is 0 Å². The molecule has 4 heteroatoms. The van der Waals surface area contributed by atoms with Crippen molar-refractivity contribution in [2.24, 2.45) is 5.92 Å². The Morgan fingerprint density at radius 3 is 2.85 bits per heavy atom. The highest BCUT2D eigenvalue weighted by Gasteiger charge is 2.27. The number of hydrogen-bond donors (Lipinski definition) is 1. The van der Waals surface area contributed by atoms with Crippen LogP contribution in [-0.2, 0) is 16.1 Å². The molecule has 1 fully saturated rings. The molecule has 1 aliphatic rings. The molecule has 2 amide bonds. The van der Waals surface area contributed by atoms with Crippen LogP contribution >= 0.6 is 0 Å². The summed E-state index contributed by atoms with van der Waals surface area (Å²) in [7, 11) is 0. The predicted octanol–water partition coefficient (Wildman–Crippen LogP) is 1.87. The van der Waals surface area contributed by atoms with Crippen molar-refractivity contribution in [1.29, 1.82) is 0 Å². The summed E-state index contributed by atoms with van der Waals surface area (Å²) in [6.45, 7) is 5.86. The van der Waals surface area contributed by atoms with Crippen LogP contribution in [0.1, 0.15) is 30.9 Å². The molecule has 20 heavy (non-hydrogen) atoms. The van der Waals surface area contributed by atoms with Crippen molar-refractivity contribution in [1.82, 2.24) is 10.2 Å². The maximum atomic E-state index is 12.5. The van der Waals surface area contributed by atoms with Gasteiger partial charge in [0, 0.05) is 26.1 Å². The Morgan fingerprint density at radius 1 is 1.45 bits per heavy atom. The monoisotopic (exact) mass is 274 g/mol. The molecular formula is C16H22N2O2. The van der Waals surface area contributed by atoms with Crippen molar-refractivity contribution < 1.29 is 9.59 Å². The first-order valence-corrected chi connectivity index (χ1v) is 7.21. The van der Waals surface area contributed by atoms with Crippen LogP contribution in [0.15, 0.2) is 24.3 Å². The van der Waals surface area contributed by atoms with Gasteiger partial charge in [-0.3, -0.25) is 9.59 Å². The molecule has 108 valence electrons. The lowest BCUT2D eigenvalue weighted by atomic mass is 9.97. The van der Waals surface area contributed by atoms with Gasteiger partial charge in [-0.05, 0) is 25.8 Å². The zero-order valence-corrected chi connectivity index (χ0v) is 12.2. The summed E-state index contributed by atoms with van der Waals surface area (Å²) in [6, 6.07) is 8.23. The van der Waals surface area contributed by atoms with Crippen LogP contribution in [-0.4, -0.2) is 29.8 Å². The van der Waals surface area contributed by atoms with Gasteiger partial charge in [-0.1, -0.05) is 29.8 Å². The lowest BCUT2D eigenvalue weighted by molar-refractivity contribution is -0.137. The number of aryl methyl sites for hydroxylation is 1. The first-order valence-electron chi connectivity index (χ1n) is 7.21. The highest BCUT2D eigenvalue weighted by molar-refractivity contribution is 5.83. The Labute approximate surface area is 120 Å². The molecule has 1 saturated heterocycles. The van der Waals surface area contributed by atoms with Crippen molar-refractivity contribution in [2.75, 3.05) is 13.1 Å². The largest absolute Gasteiger partial charge is 0.355 e. The van der Waals surface area contributed by atoms with E-state index in [2.05, 4.69) is 24.4 Å². The highest BCUT2D eigenvalue weighted by Crippen LogP contribution is 2.16. The molecule has 2 rings (SSSR count). The van der Waals surface area contributed by atoms with Crippen molar-refractivity contribution in [3.05, 3.63) is 35.4 Å². The second kappa shape index (κ2) is 6.55. The minimum absolute atomic E-state index is 0.0517. The van der Waals surface area contributed by atoms with Crippen molar-refractivity contribution >= 4 is 11.8 Å². The van der Waals surface area contributed by atoms with E-state index in [1.807, 2.05) is 24.0 Å². The molecule has 0 saturated carbocycles. The SMILES string of the molecule is CCN(Cc1cccc(C)c1)C(=O)C1CCC(=O)NC1. The average molecular weight is 274 g/mol. The van der Waals surface area contributed by atoms with E-state index in [1.54, 1.807) is 0 Å². The highest BCUT2D eigenvalue weighted by atomic mass is 16.2. The summed E-state index contributed by atoms with van der Waals surface area (Å²) >= 11 is 0. The number of benzene rings is 1. The zero-order valence-electron chi connectivity index (χ0n) is 12.2. The molecule has 0 radical (unpaired) electrons. The topological polar surface area (TPSA) is 49.4 Å². The molecule has 1 aliphatic heterocycles. The summed E-state index contributed by atoms with van der Waals surface area (Å²) < 4.78 is 0. The molecular weight excluding hydrogens is 252 g/mol. The first-order chi connectivity index (χ1) is 9.60. The number of amides is 2. The van der Waals surface area contributed by atoms with Crippen LogP contribution in [0.2, 0.25) is 0 Å². The fourth-order valence-electron chi connectivity index (χ4n) is 2.58.